The molecule has 0 amide bonds. The molecule has 1 radical (unpaired) electrons. The Balaban J connectivity index is 2.28. The normalized spacial score (nSPS) is 33.0. The molecule has 8 heavy (non-hydrogen) atoms. The van der Waals surface area contributed by atoms with E-state index in [9.17, 15) is 0 Å². The summed E-state index contributed by atoms with van der Waals surface area (Å²) < 4.78 is 5.04. The molecular weight excluding hydrogens is 170 g/mol. The molecule has 1 unspecified atom stereocenters. The highest BCUT2D eigenvalue weighted by molar-refractivity contribution is 9.09. The molecule has 0 aromatic rings. The van der Waals surface area contributed by atoms with Crippen LogP contribution in [-0.4, -0.2) is 30.1 Å². The van der Waals surface area contributed by atoms with Gasteiger partial charge in [0.15, 0.2) is 0 Å². The molecule has 0 aliphatic carbocycles. The summed E-state index contributed by atoms with van der Waals surface area (Å²) in [5.74, 6) is 0. The van der Waals surface area contributed by atoms with Crippen molar-refractivity contribution in [1.29, 1.82) is 0 Å². The number of alkyl halides is 1. The lowest BCUT2D eigenvalue weighted by atomic mass is 10.5. The van der Waals surface area contributed by atoms with Gasteiger partial charge in [0.2, 0.25) is 0 Å². The quantitative estimate of drug-likeness (QED) is 0.403. The SMILES string of the molecule is CN1C[CH]OCC1Br. The number of likely N-dealkylation sites (N-methyl/N-ethyl adjacent to an activating group) is 1. The van der Waals surface area contributed by atoms with Gasteiger partial charge in [-0.1, -0.05) is 15.9 Å². The lowest BCUT2D eigenvalue weighted by Gasteiger charge is -2.27. The fourth-order valence-corrected chi connectivity index (χ4v) is 0.879. The molecule has 1 aliphatic rings. The van der Waals surface area contributed by atoms with E-state index >= 15 is 0 Å². The van der Waals surface area contributed by atoms with Crippen molar-refractivity contribution in [3.8, 4) is 0 Å². The molecule has 0 bridgehead atoms. The Hall–Kier alpha value is 0.400. The standard InChI is InChI=1S/C5H9BrNO/c1-7-2-3-8-4-5(7)6/h3,5H,2,4H2,1H3. The molecule has 3 heteroatoms. The fourth-order valence-electron chi connectivity index (χ4n) is 0.559. The van der Waals surface area contributed by atoms with Crippen molar-refractivity contribution in [3.05, 3.63) is 6.61 Å². The maximum atomic E-state index is 5.04. The molecule has 1 aliphatic heterocycles. The third-order valence-electron chi connectivity index (χ3n) is 1.19. The Labute approximate surface area is 57.9 Å². The van der Waals surface area contributed by atoms with Crippen LogP contribution in [-0.2, 0) is 4.74 Å². The first-order chi connectivity index (χ1) is 3.80. The van der Waals surface area contributed by atoms with Crippen LogP contribution in [0.3, 0.4) is 0 Å². The number of ether oxygens (including phenoxy) is 1. The number of rotatable bonds is 0. The summed E-state index contributed by atoms with van der Waals surface area (Å²) in [5.41, 5.74) is 0. The minimum absolute atomic E-state index is 0.396. The van der Waals surface area contributed by atoms with Gasteiger partial charge in [-0.05, 0) is 7.05 Å². The number of hydrogen-bond donors (Lipinski definition) is 0. The summed E-state index contributed by atoms with van der Waals surface area (Å²) in [4.78, 5) is 2.57. The number of hydrogen-bond acceptors (Lipinski definition) is 2. The summed E-state index contributed by atoms with van der Waals surface area (Å²) in [5, 5.41) is 0. The van der Waals surface area contributed by atoms with Crippen molar-refractivity contribution in [2.45, 2.75) is 4.95 Å². The molecule has 47 valence electrons. The van der Waals surface area contributed by atoms with Crippen LogP contribution in [0.4, 0.5) is 0 Å². The van der Waals surface area contributed by atoms with E-state index in [-0.39, 0.29) is 0 Å². The molecule has 1 atom stereocenters. The predicted molar refractivity (Wildman–Crippen MR) is 35.6 cm³/mol. The molecule has 2 nitrogen and oxygen atoms in total. The van der Waals surface area contributed by atoms with Gasteiger partial charge in [-0.3, -0.25) is 4.90 Å². The molecule has 1 heterocycles. The van der Waals surface area contributed by atoms with Gasteiger partial charge < -0.3 is 4.74 Å². The maximum absolute atomic E-state index is 5.04. The fraction of sp³-hybridized carbons (Fsp3) is 0.800. The van der Waals surface area contributed by atoms with Crippen LogP contribution in [0.2, 0.25) is 0 Å². The summed E-state index contributed by atoms with van der Waals surface area (Å²) in [6.07, 6.45) is 0. The second-order valence-corrected chi connectivity index (χ2v) is 2.93. The van der Waals surface area contributed by atoms with Crippen molar-refractivity contribution in [1.82, 2.24) is 4.90 Å². The molecule has 0 N–H and O–H groups in total. The minimum Gasteiger partial charge on any atom is -0.372 e. The monoisotopic (exact) mass is 178 g/mol. The zero-order valence-corrected chi connectivity index (χ0v) is 6.39. The van der Waals surface area contributed by atoms with Gasteiger partial charge in [-0.15, -0.1) is 0 Å². The highest BCUT2D eigenvalue weighted by atomic mass is 79.9. The topological polar surface area (TPSA) is 12.5 Å². The Morgan fingerprint density at radius 2 is 2.62 bits per heavy atom. The van der Waals surface area contributed by atoms with Gasteiger partial charge >= 0.3 is 0 Å². The van der Waals surface area contributed by atoms with E-state index in [1.807, 2.05) is 6.61 Å². The Bertz CT molecular complexity index is 68.8. The van der Waals surface area contributed by atoms with Crippen molar-refractivity contribution in [3.63, 3.8) is 0 Å². The molecule has 1 fully saturated rings. The van der Waals surface area contributed by atoms with Crippen LogP contribution in [0.5, 0.6) is 0 Å². The average molecular weight is 179 g/mol. The van der Waals surface area contributed by atoms with Gasteiger partial charge in [-0.2, -0.15) is 0 Å². The lowest BCUT2D eigenvalue weighted by Crippen LogP contribution is -2.36. The summed E-state index contributed by atoms with van der Waals surface area (Å²) in [6, 6.07) is 0. The first-order valence-electron chi connectivity index (χ1n) is 2.58. The van der Waals surface area contributed by atoms with Crippen LogP contribution in [0, 0.1) is 6.61 Å². The van der Waals surface area contributed by atoms with E-state index in [2.05, 4.69) is 27.9 Å². The van der Waals surface area contributed by atoms with Gasteiger partial charge in [0.05, 0.1) is 18.2 Å². The van der Waals surface area contributed by atoms with Crippen molar-refractivity contribution in [2.75, 3.05) is 20.2 Å². The molecule has 0 aromatic heterocycles. The molecular formula is C5H9BrNO. The summed E-state index contributed by atoms with van der Waals surface area (Å²) in [6.45, 7) is 3.49. The predicted octanol–water partition coefficient (Wildman–Crippen LogP) is 0.831. The summed E-state index contributed by atoms with van der Waals surface area (Å²) >= 11 is 3.43. The second kappa shape index (κ2) is 2.80. The smallest absolute Gasteiger partial charge is 0.0977 e. The molecule has 0 spiro atoms. The highest BCUT2D eigenvalue weighted by Gasteiger charge is 2.15. The largest absolute Gasteiger partial charge is 0.372 e. The zero-order valence-electron chi connectivity index (χ0n) is 4.80. The number of halogens is 1. The van der Waals surface area contributed by atoms with E-state index in [1.165, 1.54) is 0 Å². The van der Waals surface area contributed by atoms with Crippen molar-refractivity contribution in [2.24, 2.45) is 0 Å². The van der Waals surface area contributed by atoms with Crippen LogP contribution in [0.15, 0.2) is 0 Å². The average Bonchev–Trinajstić information content (AvgIpc) is 1.77. The second-order valence-electron chi connectivity index (χ2n) is 1.87. The third-order valence-corrected chi connectivity index (χ3v) is 2.16. The van der Waals surface area contributed by atoms with Crippen LogP contribution in [0.1, 0.15) is 0 Å². The molecule has 0 aromatic carbocycles. The minimum atomic E-state index is 0.396. The van der Waals surface area contributed by atoms with E-state index in [1.54, 1.807) is 0 Å². The zero-order chi connectivity index (χ0) is 5.98. The molecule has 1 rings (SSSR count). The van der Waals surface area contributed by atoms with Crippen LogP contribution in [0.25, 0.3) is 0 Å². The molecule has 0 saturated carbocycles. The van der Waals surface area contributed by atoms with Crippen LogP contribution >= 0.6 is 15.9 Å². The van der Waals surface area contributed by atoms with Crippen molar-refractivity contribution < 1.29 is 4.74 Å². The van der Waals surface area contributed by atoms with E-state index in [0.29, 0.717) is 4.95 Å². The first-order valence-corrected chi connectivity index (χ1v) is 3.50. The van der Waals surface area contributed by atoms with Gasteiger partial charge in [0.1, 0.15) is 0 Å². The van der Waals surface area contributed by atoms with E-state index < -0.39 is 0 Å². The van der Waals surface area contributed by atoms with Gasteiger partial charge in [-0.25, -0.2) is 0 Å². The number of morpholine rings is 1. The van der Waals surface area contributed by atoms with E-state index in [0.717, 1.165) is 13.2 Å². The van der Waals surface area contributed by atoms with Gasteiger partial charge in [0.25, 0.3) is 0 Å². The Kier molecular flexibility index (Phi) is 2.28. The summed E-state index contributed by atoms with van der Waals surface area (Å²) in [7, 11) is 2.05. The third kappa shape index (κ3) is 1.44. The maximum Gasteiger partial charge on any atom is 0.0977 e. The van der Waals surface area contributed by atoms with Crippen LogP contribution < -0.4 is 0 Å². The van der Waals surface area contributed by atoms with E-state index in [4.69, 9.17) is 4.74 Å². The highest BCUT2D eigenvalue weighted by Crippen LogP contribution is 2.10. The first kappa shape index (κ1) is 6.52. The Morgan fingerprint density at radius 3 is 3.00 bits per heavy atom. The van der Waals surface area contributed by atoms with Crippen molar-refractivity contribution >= 4 is 15.9 Å². The number of nitrogens with zero attached hydrogens (tertiary/aromatic N) is 1. The van der Waals surface area contributed by atoms with Gasteiger partial charge in [0, 0.05) is 6.54 Å². The molecule has 1 saturated heterocycles. The Morgan fingerprint density at radius 1 is 1.88 bits per heavy atom. The lowest BCUT2D eigenvalue weighted by molar-refractivity contribution is 0.0889.